The molecular formula is C16H23NO2S. The van der Waals surface area contributed by atoms with Gasteiger partial charge in [-0.05, 0) is 51.2 Å². The van der Waals surface area contributed by atoms with E-state index >= 15 is 0 Å². The average Bonchev–Trinajstić information content (AvgIpc) is 2.77. The first-order valence-corrected chi connectivity index (χ1v) is 8.98. The van der Waals surface area contributed by atoms with Crippen LogP contribution in [0.4, 0.5) is 0 Å². The summed E-state index contributed by atoms with van der Waals surface area (Å²) in [6.07, 6.45) is 5.59. The molecular weight excluding hydrogens is 270 g/mol. The maximum Gasteiger partial charge on any atom is 0.243 e. The van der Waals surface area contributed by atoms with Gasteiger partial charge in [-0.2, -0.15) is 4.31 Å². The largest absolute Gasteiger partial charge is 0.243 e. The minimum atomic E-state index is -3.35. The third kappa shape index (κ3) is 2.09. The Hall–Kier alpha value is -0.870. The molecule has 0 aromatic heterocycles. The number of nitrogens with zero attached hydrogens (tertiary/aromatic N) is 1. The third-order valence-corrected chi connectivity index (χ3v) is 7.27. The van der Waals surface area contributed by atoms with Crippen LogP contribution in [0.25, 0.3) is 0 Å². The Kier molecular flexibility index (Phi) is 3.41. The Balaban J connectivity index is 1.97. The number of aryl methyl sites for hydroxylation is 1. The van der Waals surface area contributed by atoms with E-state index in [0.717, 1.165) is 24.8 Å². The molecule has 3 rings (SSSR count). The predicted octanol–water partition coefficient (Wildman–Crippen LogP) is 3.34. The van der Waals surface area contributed by atoms with Crippen molar-refractivity contribution < 1.29 is 8.42 Å². The first kappa shape index (κ1) is 14.1. The molecule has 1 saturated carbocycles. The number of hydrogen-bond acceptors (Lipinski definition) is 2. The van der Waals surface area contributed by atoms with Gasteiger partial charge in [0, 0.05) is 12.1 Å². The Morgan fingerprint density at radius 3 is 2.55 bits per heavy atom. The van der Waals surface area contributed by atoms with Crippen molar-refractivity contribution in [3.05, 3.63) is 29.8 Å². The summed E-state index contributed by atoms with van der Waals surface area (Å²) in [7, 11) is -3.35. The van der Waals surface area contributed by atoms with E-state index in [2.05, 4.69) is 6.92 Å². The van der Waals surface area contributed by atoms with Crippen LogP contribution in [0.1, 0.15) is 44.6 Å². The van der Waals surface area contributed by atoms with Gasteiger partial charge in [-0.25, -0.2) is 8.42 Å². The summed E-state index contributed by atoms with van der Waals surface area (Å²) >= 11 is 0. The van der Waals surface area contributed by atoms with Crippen molar-refractivity contribution in [2.45, 2.75) is 56.4 Å². The summed E-state index contributed by atoms with van der Waals surface area (Å²) in [5.41, 5.74) is 0.925. The van der Waals surface area contributed by atoms with Gasteiger partial charge in [0.1, 0.15) is 0 Å². The van der Waals surface area contributed by atoms with Gasteiger partial charge in [-0.3, -0.25) is 0 Å². The summed E-state index contributed by atoms with van der Waals surface area (Å²) in [6.45, 7) is 4.80. The Bertz CT molecular complexity index is 593. The molecule has 1 aromatic carbocycles. The van der Waals surface area contributed by atoms with Crippen LogP contribution < -0.4 is 0 Å². The molecule has 20 heavy (non-hydrogen) atoms. The SMILES string of the molecule is Cc1ccc(S(=O)(=O)N2CC[C@@H]3CCCC[C@@]32C)cc1. The molecule has 4 heteroatoms. The van der Waals surface area contributed by atoms with Gasteiger partial charge in [-0.15, -0.1) is 0 Å². The van der Waals surface area contributed by atoms with Crippen LogP contribution in [0.15, 0.2) is 29.2 Å². The van der Waals surface area contributed by atoms with Crippen LogP contribution in [0.2, 0.25) is 0 Å². The molecule has 1 saturated heterocycles. The van der Waals surface area contributed by atoms with Gasteiger partial charge in [0.25, 0.3) is 0 Å². The van der Waals surface area contributed by atoms with Crippen molar-refractivity contribution in [3.8, 4) is 0 Å². The molecule has 2 fully saturated rings. The lowest BCUT2D eigenvalue weighted by Crippen LogP contribution is -2.49. The van der Waals surface area contributed by atoms with E-state index in [1.54, 1.807) is 16.4 Å². The highest BCUT2D eigenvalue weighted by Gasteiger charge is 2.51. The smallest absolute Gasteiger partial charge is 0.207 e. The van der Waals surface area contributed by atoms with Gasteiger partial charge < -0.3 is 0 Å². The van der Waals surface area contributed by atoms with Crippen LogP contribution in [0, 0.1) is 12.8 Å². The van der Waals surface area contributed by atoms with Crippen molar-refractivity contribution in [2.24, 2.45) is 5.92 Å². The number of hydrogen-bond donors (Lipinski definition) is 0. The van der Waals surface area contributed by atoms with Gasteiger partial charge in [-0.1, -0.05) is 30.5 Å². The maximum atomic E-state index is 12.9. The Morgan fingerprint density at radius 1 is 1.15 bits per heavy atom. The Morgan fingerprint density at radius 2 is 1.85 bits per heavy atom. The lowest BCUT2D eigenvalue weighted by molar-refractivity contribution is 0.148. The first-order valence-electron chi connectivity index (χ1n) is 7.54. The second kappa shape index (κ2) is 4.85. The zero-order chi connectivity index (χ0) is 14.4. The van der Waals surface area contributed by atoms with E-state index in [9.17, 15) is 8.42 Å². The van der Waals surface area contributed by atoms with Gasteiger partial charge >= 0.3 is 0 Å². The van der Waals surface area contributed by atoms with E-state index in [0.29, 0.717) is 17.4 Å². The molecule has 2 aliphatic rings. The van der Waals surface area contributed by atoms with Gasteiger partial charge in [0.2, 0.25) is 10.0 Å². The molecule has 0 amide bonds. The van der Waals surface area contributed by atoms with E-state index in [4.69, 9.17) is 0 Å². The molecule has 1 aromatic rings. The van der Waals surface area contributed by atoms with Crippen molar-refractivity contribution in [2.75, 3.05) is 6.54 Å². The molecule has 2 atom stereocenters. The summed E-state index contributed by atoms with van der Waals surface area (Å²) < 4.78 is 27.6. The van der Waals surface area contributed by atoms with Crippen molar-refractivity contribution in [1.29, 1.82) is 0 Å². The minimum absolute atomic E-state index is 0.165. The maximum absolute atomic E-state index is 12.9. The van der Waals surface area contributed by atoms with Gasteiger partial charge in [0.05, 0.1) is 4.90 Å². The number of rotatable bonds is 2. The summed E-state index contributed by atoms with van der Waals surface area (Å²) in [5, 5.41) is 0. The summed E-state index contributed by atoms with van der Waals surface area (Å²) in [6, 6.07) is 7.24. The molecule has 3 nitrogen and oxygen atoms in total. The second-order valence-electron chi connectivity index (χ2n) is 6.48. The first-order chi connectivity index (χ1) is 9.44. The standard InChI is InChI=1S/C16H23NO2S/c1-13-6-8-15(9-7-13)20(18,19)17-12-10-14-5-3-4-11-16(14,17)2/h6-9,14H,3-5,10-12H2,1-2H3/t14-,16-/m0/s1. The topological polar surface area (TPSA) is 37.4 Å². The van der Waals surface area contributed by atoms with Crippen LogP contribution >= 0.6 is 0 Å². The van der Waals surface area contributed by atoms with E-state index in [-0.39, 0.29) is 5.54 Å². The van der Waals surface area contributed by atoms with Crippen molar-refractivity contribution in [3.63, 3.8) is 0 Å². The van der Waals surface area contributed by atoms with Crippen LogP contribution in [-0.4, -0.2) is 24.8 Å². The average molecular weight is 293 g/mol. The molecule has 0 radical (unpaired) electrons. The molecule has 1 aliphatic carbocycles. The number of benzene rings is 1. The molecule has 1 heterocycles. The fraction of sp³-hybridized carbons (Fsp3) is 0.625. The van der Waals surface area contributed by atoms with Crippen LogP contribution in [0.3, 0.4) is 0 Å². The monoisotopic (exact) mass is 293 g/mol. The van der Waals surface area contributed by atoms with E-state index in [1.165, 1.54) is 12.8 Å². The lowest BCUT2D eigenvalue weighted by Gasteiger charge is -2.41. The lowest BCUT2D eigenvalue weighted by atomic mass is 9.75. The number of sulfonamides is 1. The van der Waals surface area contributed by atoms with Crippen LogP contribution in [0.5, 0.6) is 0 Å². The molecule has 0 bridgehead atoms. The van der Waals surface area contributed by atoms with Crippen LogP contribution in [-0.2, 0) is 10.0 Å². The quantitative estimate of drug-likeness (QED) is 0.838. The number of fused-ring (bicyclic) bond motifs is 1. The second-order valence-corrected chi connectivity index (χ2v) is 8.34. The molecule has 110 valence electrons. The third-order valence-electron chi connectivity index (χ3n) is 5.22. The molecule has 0 spiro atoms. The zero-order valence-corrected chi connectivity index (χ0v) is 13.1. The summed E-state index contributed by atoms with van der Waals surface area (Å²) in [5.74, 6) is 0.538. The highest BCUT2D eigenvalue weighted by atomic mass is 32.2. The van der Waals surface area contributed by atoms with Crippen molar-refractivity contribution in [1.82, 2.24) is 4.31 Å². The van der Waals surface area contributed by atoms with Gasteiger partial charge in [0.15, 0.2) is 0 Å². The van der Waals surface area contributed by atoms with E-state index in [1.807, 2.05) is 19.1 Å². The zero-order valence-electron chi connectivity index (χ0n) is 12.3. The highest BCUT2D eigenvalue weighted by molar-refractivity contribution is 7.89. The molecule has 1 aliphatic heterocycles. The Labute approximate surface area is 122 Å². The fourth-order valence-corrected chi connectivity index (χ4v) is 5.80. The van der Waals surface area contributed by atoms with E-state index < -0.39 is 10.0 Å². The highest BCUT2D eigenvalue weighted by Crippen LogP contribution is 2.47. The molecule has 0 N–H and O–H groups in total. The fourth-order valence-electron chi connectivity index (χ4n) is 3.93. The minimum Gasteiger partial charge on any atom is -0.207 e. The van der Waals surface area contributed by atoms with Crippen molar-refractivity contribution >= 4 is 10.0 Å². The predicted molar refractivity (Wildman–Crippen MR) is 80.1 cm³/mol. The molecule has 0 unspecified atom stereocenters. The summed E-state index contributed by atoms with van der Waals surface area (Å²) in [4.78, 5) is 0.440. The normalized spacial score (nSPS) is 31.2.